The zero-order valence-corrected chi connectivity index (χ0v) is 21.3. The highest BCUT2D eigenvalue weighted by Gasteiger charge is 2.34. The molecule has 0 atom stereocenters. The van der Waals surface area contributed by atoms with Gasteiger partial charge in [0, 0.05) is 11.1 Å². The van der Waals surface area contributed by atoms with E-state index < -0.39 is 7.92 Å². The van der Waals surface area contributed by atoms with Crippen LogP contribution in [-0.4, -0.2) is 11.0 Å². The molecule has 0 N–H and O–H groups in total. The van der Waals surface area contributed by atoms with Gasteiger partial charge in [0.2, 0.25) is 0 Å². The molecule has 0 bridgehead atoms. The van der Waals surface area contributed by atoms with Crippen molar-refractivity contribution in [3.05, 3.63) is 124 Å². The van der Waals surface area contributed by atoms with E-state index in [4.69, 9.17) is 0 Å². The van der Waals surface area contributed by atoms with Crippen LogP contribution in [0.1, 0.15) is 43.0 Å². The van der Waals surface area contributed by atoms with Gasteiger partial charge in [0.05, 0.1) is 7.92 Å². The highest BCUT2D eigenvalue weighted by atomic mass is 31.1. The minimum absolute atomic E-state index is 0.0830. The van der Waals surface area contributed by atoms with Crippen LogP contribution < -0.4 is 5.30 Å². The third kappa shape index (κ3) is 4.09. The quantitative estimate of drug-likeness (QED) is 0.242. The van der Waals surface area contributed by atoms with E-state index in [-0.39, 0.29) is 11.0 Å². The molecule has 35 heavy (non-hydrogen) atoms. The predicted molar refractivity (Wildman–Crippen MR) is 149 cm³/mol. The van der Waals surface area contributed by atoms with E-state index in [1.54, 1.807) is 0 Å². The van der Waals surface area contributed by atoms with E-state index in [0.29, 0.717) is 11.1 Å². The van der Waals surface area contributed by atoms with Crippen molar-refractivity contribution in [2.24, 2.45) is 0 Å². The molecule has 0 amide bonds. The molecule has 0 unspecified atom stereocenters. The number of hydrogen-bond acceptors (Lipinski definition) is 2. The topological polar surface area (TPSA) is 34.1 Å². The fourth-order valence-electron chi connectivity index (χ4n) is 4.82. The predicted octanol–water partition coefficient (Wildman–Crippen LogP) is 8.01. The summed E-state index contributed by atoms with van der Waals surface area (Å²) in [7, 11) is -1.82. The average Bonchev–Trinajstić information content (AvgIpc) is 2.86. The Hall–Kier alpha value is -3.61. The number of fused-ring (bicyclic) bond motifs is 2. The van der Waals surface area contributed by atoms with Gasteiger partial charge in [0.15, 0.2) is 11.0 Å². The van der Waals surface area contributed by atoms with Gasteiger partial charge in [-0.1, -0.05) is 96.6 Å². The van der Waals surface area contributed by atoms with Crippen molar-refractivity contribution in [2.75, 3.05) is 0 Å². The maximum absolute atomic E-state index is 14.5. The molecule has 0 fully saturated rings. The minimum Gasteiger partial charge on any atom is -0.288 e. The first-order valence-corrected chi connectivity index (χ1v) is 13.1. The lowest BCUT2D eigenvalue weighted by Gasteiger charge is -2.22. The number of aryl methyl sites for hydroxylation is 4. The van der Waals surface area contributed by atoms with Gasteiger partial charge in [-0.2, -0.15) is 0 Å². The molecule has 0 heterocycles. The molecular formula is C32H27O2P. The normalized spacial score (nSPS) is 11.3. The van der Waals surface area contributed by atoms with Crippen molar-refractivity contribution in [3.8, 4) is 0 Å². The largest absolute Gasteiger partial charge is 0.288 e. The molecule has 0 aliphatic carbocycles. The summed E-state index contributed by atoms with van der Waals surface area (Å²) >= 11 is 0. The van der Waals surface area contributed by atoms with Crippen LogP contribution in [0.15, 0.2) is 91.0 Å². The first-order valence-electron chi connectivity index (χ1n) is 11.8. The Labute approximate surface area is 207 Å². The van der Waals surface area contributed by atoms with Crippen LogP contribution in [0.4, 0.5) is 0 Å². The molecular weight excluding hydrogens is 447 g/mol. The lowest BCUT2D eigenvalue weighted by Crippen LogP contribution is -2.20. The molecule has 0 saturated heterocycles. The SMILES string of the molecule is Cc1ccc(C)c(P(C(=O)c2c(C)ccc3ccccc23)C(=O)c2c(C)ccc3ccccc23)c1. The standard InChI is InChI=1S/C32H27O2P/c1-20-13-14-21(2)28(19-20)35(31(33)29-22(3)15-17-24-9-5-7-11-26(24)29)32(34)30-23(4)16-18-25-10-6-8-12-27(25)30/h5-19H,1-4H3. The van der Waals surface area contributed by atoms with Crippen LogP contribution in [0.25, 0.3) is 21.5 Å². The fourth-order valence-corrected chi connectivity index (χ4v) is 7.25. The van der Waals surface area contributed by atoms with E-state index in [1.165, 1.54) is 0 Å². The summed E-state index contributed by atoms with van der Waals surface area (Å²) < 4.78 is 0. The van der Waals surface area contributed by atoms with Gasteiger partial charge in [0.1, 0.15) is 0 Å². The Morgan fingerprint density at radius 2 is 1.00 bits per heavy atom. The molecule has 172 valence electrons. The van der Waals surface area contributed by atoms with Crippen molar-refractivity contribution in [2.45, 2.75) is 27.7 Å². The molecule has 0 radical (unpaired) electrons. The number of rotatable bonds is 5. The van der Waals surface area contributed by atoms with Gasteiger partial charge in [-0.25, -0.2) is 0 Å². The second-order valence-corrected chi connectivity index (χ2v) is 11.2. The van der Waals surface area contributed by atoms with Gasteiger partial charge in [-0.05, 0) is 71.2 Å². The summed E-state index contributed by atoms with van der Waals surface area (Å²) in [6.45, 7) is 7.93. The minimum atomic E-state index is -1.82. The monoisotopic (exact) mass is 474 g/mol. The fraction of sp³-hybridized carbons (Fsp3) is 0.125. The molecule has 5 rings (SSSR count). The summed E-state index contributed by atoms with van der Waals surface area (Å²) in [4.78, 5) is 29.0. The third-order valence-corrected chi connectivity index (χ3v) is 8.94. The maximum Gasteiger partial charge on any atom is 0.197 e. The zero-order chi connectivity index (χ0) is 24.7. The zero-order valence-electron chi connectivity index (χ0n) is 20.4. The third-order valence-electron chi connectivity index (χ3n) is 6.71. The number of carbonyl (C=O) groups is 2. The molecule has 5 aromatic carbocycles. The summed E-state index contributed by atoms with van der Waals surface area (Å²) in [6.07, 6.45) is 0. The second-order valence-electron chi connectivity index (χ2n) is 9.19. The van der Waals surface area contributed by atoms with Crippen molar-refractivity contribution >= 4 is 45.8 Å². The Balaban J connectivity index is 1.79. The molecule has 0 aromatic heterocycles. The van der Waals surface area contributed by atoms with Crippen LogP contribution in [0.5, 0.6) is 0 Å². The molecule has 0 aliphatic rings. The molecule has 0 aliphatic heterocycles. The van der Waals surface area contributed by atoms with Crippen molar-refractivity contribution < 1.29 is 9.59 Å². The van der Waals surface area contributed by atoms with Gasteiger partial charge in [0.25, 0.3) is 0 Å². The number of hydrogen-bond donors (Lipinski definition) is 0. The Morgan fingerprint density at radius 1 is 0.543 bits per heavy atom. The summed E-state index contributed by atoms with van der Waals surface area (Å²) in [5.74, 6) is 0. The van der Waals surface area contributed by atoms with E-state index >= 15 is 0 Å². The van der Waals surface area contributed by atoms with Crippen LogP contribution in [0.2, 0.25) is 0 Å². The number of carbonyl (C=O) groups excluding carboxylic acids is 2. The van der Waals surface area contributed by atoms with Crippen molar-refractivity contribution in [1.29, 1.82) is 0 Å². The molecule has 0 saturated carbocycles. The smallest absolute Gasteiger partial charge is 0.197 e. The Bertz CT molecular complexity index is 1530. The maximum atomic E-state index is 14.5. The van der Waals surface area contributed by atoms with Crippen LogP contribution in [0.3, 0.4) is 0 Å². The van der Waals surface area contributed by atoms with Gasteiger partial charge < -0.3 is 0 Å². The Kier molecular flexibility index (Phi) is 6.09. The first-order chi connectivity index (χ1) is 16.9. The lowest BCUT2D eigenvalue weighted by atomic mass is 10.0. The van der Waals surface area contributed by atoms with Crippen molar-refractivity contribution in [3.63, 3.8) is 0 Å². The second kappa shape index (κ2) is 9.21. The van der Waals surface area contributed by atoms with Crippen molar-refractivity contribution in [1.82, 2.24) is 0 Å². The van der Waals surface area contributed by atoms with E-state index in [0.717, 1.165) is 49.1 Å². The molecule has 2 nitrogen and oxygen atoms in total. The summed E-state index contributed by atoms with van der Waals surface area (Å²) in [6, 6.07) is 30.0. The van der Waals surface area contributed by atoms with E-state index in [2.05, 4.69) is 0 Å². The van der Waals surface area contributed by atoms with Gasteiger partial charge in [-0.15, -0.1) is 0 Å². The van der Waals surface area contributed by atoms with E-state index in [1.807, 2.05) is 119 Å². The molecule has 5 aromatic rings. The molecule has 0 spiro atoms. The van der Waals surface area contributed by atoms with Crippen LogP contribution >= 0.6 is 7.92 Å². The van der Waals surface area contributed by atoms with Gasteiger partial charge >= 0.3 is 0 Å². The lowest BCUT2D eigenvalue weighted by molar-refractivity contribution is 0.105. The Morgan fingerprint density at radius 3 is 1.51 bits per heavy atom. The summed E-state index contributed by atoms with van der Waals surface area (Å²) in [5, 5.41) is 4.66. The molecule has 3 heteroatoms. The van der Waals surface area contributed by atoms with E-state index in [9.17, 15) is 9.59 Å². The highest BCUT2D eigenvalue weighted by molar-refractivity contribution is 7.96. The number of benzene rings is 5. The highest BCUT2D eigenvalue weighted by Crippen LogP contribution is 2.47. The van der Waals surface area contributed by atoms with Gasteiger partial charge in [-0.3, -0.25) is 9.59 Å². The summed E-state index contributed by atoms with van der Waals surface area (Å²) in [5.41, 5.74) is 4.95. The average molecular weight is 475 g/mol. The van der Waals surface area contributed by atoms with Crippen LogP contribution in [0, 0.1) is 27.7 Å². The first kappa shape index (κ1) is 23.1. The van der Waals surface area contributed by atoms with Crippen LogP contribution in [-0.2, 0) is 0 Å².